The average Bonchev–Trinajstić information content (AvgIpc) is 2.91. The summed E-state index contributed by atoms with van der Waals surface area (Å²) in [6, 6.07) is 10.1. The second-order valence-electron chi connectivity index (χ2n) is 5.14. The predicted molar refractivity (Wildman–Crippen MR) is 83.1 cm³/mol. The zero-order valence-corrected chi connectivity index (χ0v) is 12.1. The van der Waals surface area contributed by atoms with Crippen molar-refractivity contribution in [2.24, 2.45) is 7.05 Å². The number of benzene rings is 1. The van der Waals surface area contributed by atoms with Crippen LogP contribution in [0.5, 0.6) is 0 Å². The minimum atomic E-state index is -0.669. The van der Waals surface area contributed by atoms with Crippen molar-refractivity contribution in [3.8, 4) is 0 Å². The summed E-state index contributed by atoms with van der Waals surface area (Å²) >= 11 is 0. The van der Waals surface area contributed by atoms with Crippen LogP contribution in [0, 0.1) is 6.92 Å². The van der Waals surface area contributed by atoms with Gasteiger partial charge in [0, 0.05) is 31.4 Å². The number of nitrogens with zero attached hydrogens (tertiary/aromatic N) is 3. The van der Waals surface area contributed by atoms with Crippen LogP contribution in [0.4, 0.5) is 5.82 Å². The van der Waals surface area contributed by atoms with Gasteiger partial charge in [-0.25, -0.2) is 9.97 Å². The van der Waals surface area contributed by atoms with Gasteiger partial charge in [-0.05, 0) is 24.6 Å². The third-order valence-corrected chi connectivity index (χ3v) is 3.53. The molecule has 0 radical (unpaired) electrons. The predicted octanol–water partition coefficient (Wildman–Crippen LogP) is 2.42. The van der Waals surface area contributed by atoms with Crippen LogP contribution in [0.15, 0.2) is 42.7 Å². The minimum absolute atomic E-state index is 0.372. The fraction of sp³-hybridized carbons (Fsp3) is 0.250. The van der Waals surface area contributed by atoms with Crippen molar-refractivity contribution < 1.29 is 5.11 Å². The number of aromatic nitrogens is 3. The standard InChI is InChI=1S/C16H18N4O/c1-11-9-12-5-3-4-6-13(12)19-15(11)18-10-14(21)16-17-7-8-20(16)2/h3-9,14,21H,10H2,1-2H3,(H,18,19). The largest absolute Gasteiger partial charge is 0.383 e. The Hall–Kier alpha value is -2.40. The Bertz CT molecular complexity index is 766. The molecule has 2 heterocycles. The first-order chi connectivity index (χ1) is 10.1. The van der Waals surface area contributed by atoms with E-state index in [1.165, 1.54) is 0 Å². The Labute approximate surface area is 123 Å². The normalized spacial score (nSPS) is 12.5. The van der Waals surface area contributed by atoms with Gasteiger partial charge >= 0.3 is 0 Å². The van der Waals surface area contributed by atoms with Crippen LogP contribution < -0.4 is 5.32 Å². The van der Waals surface area contributed by atoms with E-state index in [0.29, 0.717) is 12.4 Å². The number of para-hydroxylation sites is 1. The third-order valence-electron chi connectivity index (χ3n) is 3.53. The van der Waals surface area contributed by atoms with Gasteiger partial charge < -0.3 is 15.0 Å². The molecule has 0 amide bonds. The van der Waals surface area contributed by atoms with Crippen molar-refractivity contribution >= 4 is 16.7 Å². The van der Waals surface area contributed by atoms with Crippen molar-refractivity contribution in [1.29, 1.82) is 0 Å². The molecule has 3 rings (SSSR count). The molecule has 3 aromatic rings. The lowest BCUT2D eigenvalue weighted by atomic mass is 10.1. The molecular formula is C16H18N4O. The van der Waals surface area contributed by atoms with E-state index < -0.39 is 6.10 Å². The number of aryl methyl sites for hydroxylation is 2. The summed E-state index contributed by atoms with van der Waals surface area (Å²) in [6.07, 6.45) is 2.83. The monoisotopic (exact) mass is 282 g/mol. The van der Waals surface area contributed by atoms with Crippen LogP contribution in [0.3, 0.4) is 0 Å². The summed E-state index contributed by atoms with van der Waals surface area (Å²) in [4.78, 5) is 8.75. The van der Waals surface area contributed by atoms with Crippen LogP contribution in [0.25, 0.3) is 10.9 Å². The minimum Gasteiger partial charge on any atom is -0.383 e. The summed E-state index contributed by atoms with van der Waals surface area (Å²) in [5.41, 5.74) is 2.00. The summed E-state index contributed by atoms with van der Waals surface area (Å²) in [5.74, 6) is 1.43. The van der Waals surface area contributed by atoms with E-state index in [2.05, 4.69) is 21.4 Å². The maximum absolute atomic E-state index is 10.2. The molecule has 0 spiro atoms. The van der Waals surface area contributed by atoms with E-state index in [1.54, 1.807) is 6.20 Å². The fourth-order valence-electron chi connectivity index (χ4n) is 2.38. The van der Waals surface area contributed by atoms with Crippen molar-refractivity contribution in [1.82, 2.24) is 14.5 Å². The van der Waals surface area contributed by atoms with Crippen molar-refractivity contribution in [2.45, 2.75) is 13.0 Å². The third kappa shape index (κ3) is 2.73. The Morgan fingerprint density at radius 2 is 2.14 bits per heavy atom. The number of imidazole rings is 1. The van der Waals surface area contributed by atoms with Gasteiger partial charge in [0.05, 0.1) is 5.52 Å². The van der Waals surface area contributed by atoms with Crippen molar-refractivity contribution in [2.75, 3.05) is 11.9 Å². The second kappa shape index (κ2) is 5.54. The molecule has 1 aromatic carbocycles. The lowest BCUT2D eigenvalue weighted by molar-refractivity contribution is 0.178. The molecule has 0 aliphatic heterocycles. The number of aliphatic hydroxyl groups is 1. The summed E-state index contributed by atoms with van der Waals surface area (Å²) < 4.78 is 1.81. The van der Waals surface area contributed by atoms with Gasteiger partial charge in [-0.15, -0.1) is 0 Å². The molecule has 21 heavy (non-hydrogen) atoms. The number of hydrogen-bond acceptors (Lipinski definition) is 4. The number of pyridine rings is 1. The van der Waals surface area contributed by atoms with Gasteiger partial charge in [-0.2, -0.15) is 0 Å². The van der Waals surface area contributed by atoms with Crippen molar-refractivity contribution in [3.05, 3.63) is 54.1 Å². The smallest absolute Gasteiger partial charge is 0.139 e. The number of anilines is 1. The number of nitrogens with one attached hydrogen (secondary N) is 1. The maximum Gasteiger partial charge on any atom is 0.139 e. The van der Waals surface area contributed by atoms with Gasteiger partial charge in [0.2, 0.25) is 0 Å². The van der Waals surface area contributed by atoms with Crippen LogP contribution in [-0.4, -0.2) is 26.2 Å². The average molecular weight is 282 g/mol. The topological polar surface area (TPSA) is 63.0 Å². The molecule has 0 aliphatic carbocycles. The summed E-state index contributed by atoms with van der Waals surface area (Å²) in [7, 11) is 1.87. The summed E-state index contributed by atoms with van der Waals surface area (Å²) in [6.45, 7) is 2.38. The first-order valence-corrected chi connectivity index (χ1v) is 6.90. The number of fused-ring (bicyclic) bond motifs is 1. The molecule has 108 valence electrons. The van der Waals surface area contributed by atoms with Gasteiger partial charge in [-0.3, -0.25) is 0 Å². The van der Waals surface area contributed by atoms with E-state index in [0.717, 1.165) is 22.3 Å². The van der Waals surface area contributed by atoms with Crippen LogP contribution in [0.2, 0.25) is 0 Å². The first-order valence-electron chi connectivity index (χ1n) is 6.90. The molecule has 5 heteroatoms. The van der Waals surface area contributed by atoms with E-state index >= 15 is 0 Å². The molecule has 5 nitrogen and oxygen atoms in total. The Morgan fingerprint density at radius 1 is 1.33 bits per heavy atom. The van der Waals surface area contributed by atoms with Crippen LogP contribution in [-0.2, 0) is 7.05 Å². The van der Waals surface area contributed by atoms with E-state index in [-0.39, 0.29) is 0 Å². The highest BCUT2D eigenvalue weighted by Crippen LogP contribution is 2.20. The lowest BCUT2D eigenvalue weighted by Crippen LogP contribution is -2.17. The zero-order valence-electron chi connectivity index (χ0n) is 12.1. The Balaban J connectivity index is 1.79. The molecule has 1 unspecified atom stereocenters. The van der Waals surface area contributed by atoms with E-state index in [1.807, 2.05) is 49.0 Å². The molecule has 1 atom stereocenters. The maximum atomic E-state index is 10.2. The summed E-state index contributed by atoms with van der Waals surface area (Å²) in [5, 5.41) is 14.5. The highest BCUT2D eigenvalue weighted by atomic mass is 16.3. The SMILES string of the molecule is Cc1cc2ccccc2nc1NCC(O)c1nccn1C. The first kappa shape index (κ1) is 13.6. The van der Waals surface area contributed by atoms with Gasteiger partial charge in [-0.1, -0.05) is 18.2 Å². The van der Waals surface area contributed by atoms with Crippen LogP contribution >= 0.6 is 0 Å². The number of rotatable bonds is 4. The molecule has 0 saturated heterocycles. The number of hydrogen-bond donors (Lipinski definition) is 2. The van der Waals surface area contributed by atoms with Gasteiger partial charge in [0.1, 0.15) is 17.7 Å². The highest BCUT2D eigenvalue weighted by Gasteiger charge is 2.13. The molecule has 2 N–H and O–H groups in total. The quantitative estimate of drug-likeness (QED) is 0.771. The fourth-order valence-corrected chi connectivity index (χ4v) is 2.38. The molecular weight excluding hydrogens is 264 g/mol. The zero-order chi connectivity index (χ0) is 14.8. The van der Waals surface area contributed by atoms with Gasteiger partial charge in [0.15, 0.2) is 0 Å². The number of aliphatic hydroxyl groups excluding tert-OH is 1. The Morgan fingerprint density at radius 3 is 2.90 bits per heavy atom. The molecule has 2 aromatic heterocycles. The Kier molecular flexibility index (Phi) is 3.58. The molecule has 0 bridgehead atoms. The van der Waals surface area contributed by atoms with E-state index in [4.69, 9.17) is 0 Å². The van der Waals surface area contributed by atoms with E-state index in [9.17, 15) is 5.11 Å². The molecule has 0 fully saturated rings. The lowest BCUT2D eigenvalue weighted by Gasteiger charge is -2.14. The van der Waals surface area contributed by atoms with Crippen molar-refractivity contribution in [3.63, 3.8) is 0 Å². The van der Waals surface area contributed by atoms with Crippen LogP contribution in [0.1, 0.15) is 17.5 Å². The second-order valence-corrected chi connectivity index (χ2v) is 5.14. The molecule has 0 aliphatic rings. The molecule has 0 saturated carbocycles. The highest BCUT2D eigenvalue weighted by molar-refractivity contribution is 5.81. The van der Waals surface area contributed by atoms with Gasteiger partial charge in [0.25, 0.3) is 0 Å².